The van der Waals surface area contributed by atoms with Crippen LogP contribution < -0.4 is 0 Å². The van der Waals surface area contributed by atoms with Crippen molar-refractivity contribution in [2.45, 2.75) is 38.3 Å². The molecular formula is C9H18ClN3OSi. The number of alkyl halides is 1. The highest BCUT2D eigenvalue weighted by atomic mass is 35.5. The lowest BCUT2D eigenvalue weighted by molar-refractivity contribution is 0.0854. The van der Waals surface area contributed by atoms with Crippen LogP contribution in [0.2, 0.25) is 25.7 Å². The highest BCUT2D eigenvalue weighted by molar-refractivity contribution is 6.76. The topological polar surface area (TPSA) is 39.9 Å². The molecule has 86 valence electrons. The number of halogens is 1. The highest BCUT2D eigenvalue weighted by Gasteiger charge is 2.12. The van der Waals surface area contributed by atoms with Gasteiger partial charge in [0.2, 0.25) is 0 Å². The normalized spacial score (nSPS) is 12.0. The molecule has 1 aromatic heterocycles. The van der Waals surface area contributed by atoms with Gasteiger partial charge in [0.05, 0.1) is 5.88 Å². The molecule has 6 heteroatoms. The van der Waals surface area contributed by atoms with Crippen molar-refractivity contribution < 1.29 is 4.74 Å². The van der Waals surface area contributed by atoms with Gasteiger partial charge in [0.1, 0.15) is 18.9 Å². The second kappa shape index (κ2) is 5.63. The van der Waals surface area contributed by atoms with Crippen molar-refractivity contribution in [2.24, 2.45) is 0 Å². The summed E-state index contributed by atoms with van der Waals surface area (Å²) >= 11 is 5.69. The predicted molar refractivity (Wildman–Crippen MR) is 63.7 cm³/mol. The zero-order valence-corrected chi connectivity index (χ0v) is 11.3. The van der Waals surface area contributed by atoms with Crippen molar-refractivity contribution in [1.29, 1.82) is 0 Å². The van der Waals surface area contributed by atoms with E-state index in [1.165, 1.54) is 6.04 Å². The third-order valence-corrected chi connectivity index (χ3v) is 3.99. The summed E-state index contributed by atoms with van der Waals surface area (Å²) in [5.41, 5.74) is 0. The molecule has 0 radical (unpaired) electrons. The Morgan fingerprint density at radius 2 is 2.20 bits per heavy atom. The van der Waals surface area contributed by atoms with Crippen LogP contribution in [0.5, 0.6) is 0 Å². The number of hydrogen-bond acceptors (Lipinski definition) is 3. The lowest BCUT2D eigenvalue weighted by Crippen LogP contribution is -2.22. The number of ether oxygens (including phenoxy) is 1. The van der Waals surface area contributed by atoms with E-state index in [2.05, 4.69) is 29.8 Å². The molecule has 0 fully saturated rings. The van der Waals surface area contributed by atoms with Crippen LogP contribution in [0.15, 0.2) is 6.33 Å². The van der Waals surface area contributed by atoms with Gasteiger partial charge in [0.25, 0.3) is 0 Å². The molecule has 0 saturated heterocycles. The van der Waals surface area contributed by atoms with Gasteiger partial charge in [-0.1, -0.05) is 19.6 Å². The van der Waals surface area contributed by atoms with Crippen molar-refractivity contribution in [2.75, 3.05) is 6.61 Å². The van der Waals surface area contributed by atoms with Gasteiger partial charge in [0, 0.05) is 14.7 Å². The van der Waals surface area contributed by atoms with E-state index >= 15 is 0 Å². The van der Waals surface area contributed by atoms with Gasteiger partial charge >= 0.3 is 0 Å². The van der Waals surface area contributed by atoms with Gasteiger partial charge < -0.3 is 4.74 Å². The highest BCUT2D eigenvalue weighted by Crippen LogP contribution is 2.08. The fourth-order valence-electron chi connectivity index (χ4n) is 1.03. The summed E-state index contributed by atoms with van der Waals surface area (Å²) in [6.45, 7) is 8.30. The third kappa shape index (κ3) is 4.77. The van der Waals surface area contributed by atoms with Crippen molar-refractivity contribution in [3.05, 3.63) is 12.2 Å². The SMILES string of the molecule is C[Si](C)(C)CCOCn1cnnc1CCl. The summed E-state index contributed by atoms with van der Waals surface area (Å²) in [7, 11) is -0.993. The summed E-state index contributed by atoms with van der Waals surface area (Å²) in [5.74, 6) is 1.13. The first-order valence-electron chi connectivity index (χ1n) is 5.03. The summed E-state index contributed by atoms with van der Waals surface area (Å²) in [4.78, 5) is 0. The minimum atomic E-state index is -0.993. The summed E-state index contributed by atoms with van der Waals surface area (Å²) < 4.78 is 7.39. The minimum Gasteiger partial charge on any atom is -0.361 e. The lowest BCUT2D eigenvalue weighted by Gasteiger charge is -2.15. The summed E-state index contributed by atoms with van der Waals surface area (Å²) in [6, 6.07) is 1.17. The Hall–Kier alpha value is -0.393. The molecule has 4 nitrogen and oxygen atoms in total. The van der Waals surface area contributed by atoms with Crippen LogP contribution in [0.1, 0.15) is 5.82 Å². The maximum atomic E-state index is 5.69. The zero-order valence-electron chi connectivity index (χ0n) is 9.53. The van der Waals surface area contributed by atoms with Gasteiger partial charge in [0.15, 0.2) is 0 Å². The van der Waals surface area contributed by atoms with Gasteiger partial charge in [-0.15, -0.1) is 21.8 Å². The second-order valence-electron chi connectivity index (χ2n) is 4.70. The molecule has 1 rings (SSSR count). The molecular weight excluding hydrogens is 230 g/mol. The Balaban J connectivity index is 2.26. The molecule has 0 spiro atoms. The molecule has 0 amide bonds. The predicted octanol–water partition coefficient (Wildman–Crippen LogP) is 2.33. The van der Waals surface area contributed by atoms with E-state index in [1.807, 2.05) is 4.57 Å². The Morgan fingerprint density at radius 3 is 2.80 bits per heavy atom. The first kappa shape index (κ1) is 12.7. The summed E-state index contributed by atoms with van der Waals surface area (Å²) in [5, 5.41) is 7.65. The standard InChI is InChI=1S/C9H18ClN3OSi/c1-15(2,3)5-4-14-8-13-7-11-12-9(13)6-10/h7H,4-6,8H2,1-3H3. The first-order chi connectivity index (χ1) is 7.03. The molecule has 0 atom stereocenters. The molecule has 0 aliphatic rings. The van der Waals surface area contributed by atoms with Gasteiger partial charge in [-0.05, 0) is 6.04 Å². The average molecular weight is 248 g/mol. The Morgan fingerprint density at radius 1 is 1.47 bits per heavy atom. The van der Waals surface area contributed by atoms with E-state index in [0.29, 0.717) is 12.6 Å². The van der Waals surface area contributed by atoms with E-state index in [0.717, 1.165) is 12.4 Å². The maximum absolute atomic E-state index is 5.69. The Labute approximate surface area is 96.6 Å². The Bertz CT molecular complexity index is 298. The van der Waals surface area contributed by atoms with Crippen LogP contribution >= 0.6 is 11.6 Å². The van der Waals surface area contributed by atoms with E-state index < -0.39 is 8.07 Å². The molecule has 0 aliphatic carbocycles. The first-order valence-corrected chi connectivity index (χ1v) is 9.27. The van der Waals surface area contributed by atoms with Crippen molar-refractivity contribution in [3.8, 4) is 0 Å². The quantitative estimate of drug-likeness (QED) is 0.440. The largest absolute Gasteiger partial charge is 0.361 e. The van der Waals surface area contributed by atoms with Gasteiger partial charge in [-0.2, -0.15) is 0 Å². The van der Waals surface area contributed by atoms with E-state index in [1.54, 1.807) is 6.33 Å². The second-order valence-corrected chi connectivity index (χ2v) is 10.6. The molecule has 15 heavy (non-hydrogen) atoms. The van der Waals surface area contributed by atoms with E-state index in [4.69, 9.17) is 16.3 Å². The molecule has 1 aromatic rings. The van der Waals surface area contributed by atoms with Crippen molar-refractivity contribution in [3.63, 3.8) is 0 Å². The monoisotopic (exact) mass is 247 g/mol. The number of hydrogen-bond donors (Lipinski definition) is 0. The van der Waals surface area contributed by atoms with Crippen LogP contribution in [0, 0.1) is 0 Å². The molecule has 1 heterocycles. The zero-order chi connectivity index (χ0) is 11.3. The fourth-order valence-corrected chi connectivity index (χ4v) is 2.00. The average Bonchev–Trinajstić information content (AvgIpc) is 2.58. The van der Waals surface area contributed by atoms with Crippen molar-refractivity contribution in [1.82, 2.24) is 14.8 Å². The molecule has 0 aromatic carbocycles. The van der Waals surface area contributed by atoms with Crippen LogP contribution in [0.3, 0.4) is 0 Å². The van der Waals surface area contributed by atoms with Gasteiger partial charge in [-0.3, -0.25) is 4.57 Å². The van der Waals surface area contributed by atoms with Crippen LogP contribution in [0.25, 0.3) is 0 Å². The molecule has 0 N–H and O–H groups in total. The molecule has 0 unspecified atom stereocenters. The number of rotatable bonds is 6. The maximum Gasteiger partial charge on any atom is 0.149 e. The smallest absolute Gasteiger partial charge is 0.149 e. The number of aromatic nitrogens is 3. The minimum absolute atomic E-state index is 0.372. The fraction of sp³-hybridized carbons (Fsp3) is 0.778. The van der Waals surface area contributed by atoms with Crippen LogP contribution in [-0.4, -0.2) is 29.4 Å². The Kier molecular flexibility index (Phi) is 4.75. The van der Waals surface area contributed by atoms with E-state index in [9.17, 15) is 0 Å². The van der Waals surface area contributed by atoms with Crippen LogP contribution in [0.4, 0.5) is 0 Å². The van der Waals surface area contributed by atoms with Gasteiger partial charge in [-0.25, -0.2) is 0 Å². The molecule has 0 aliphatic heterocycles. The van der Waals surface area contributed by atoms with Crippen molar-refractivity contribution >= 4 is 19.7 Å². The molecule has 0 saturated carbocycles. The number of nitrogens with zero attached hydrogens (tertiary/aromatic N) is 3. The third-order valence-electron chi connectivity index (χ3n) is 2.04. The van der Waals surface area contributed by atoms with Crippen LogP contribution in [-0.2, 0) is 17.3 Å². The summed E-state index contributed by atoms with van der Waals surface area (Å²) in [6.07, 6.45) is 1.65. The van der Waals surface area contributed by atoms with E-state index in [-0.39, 0.29) is 0 Å². The molecule has 0 bridgehead atoms. The lowest BCUT2D eigenvalue weighted by atomic mass is 10.7.